The second-order valence-corrected chi connectivity index (χ2v) is 5.24. The first-order valence-electron chi connectivity index (χ1n) is 5.43. The summed E-state index contributed by atoms with van der Waals surface area (Å²) < 4.78 is 36.8. The molecule has 0 radical (unpaired) electrons. The van der Waals surface area contributed by atoms with Gasteiger partial charge in [-0.1, -0.05) is 12.1 Å². The molecule has 0 spiro atoms. The summed E-state index contributed by atoms with van der Waals surface area (Å²) in [6.07, 6.45) is -1.35. The Balaban J connectivity index is 0.00000361. The maximum Gasteiger partial charge on any atom is 1.00 e. The van der Waals surface area contributed by atoms with E-state index < -0.39 is 22.0 Å². The molecule has 1 unspecified atom stereocenters. The number of ether oxygens (including phenoxy) is 1. The number of benzene rings is 1. The van der Waals surface area contributed by atoms with Crippen LogP contribution in [0.4, 0.5) is 5.69 Å². The Morgan fingerprint density at radius 1 is 1.35 bits per heavy atom. The summed E-state index contributed by atoms with van der Waals surface area (Å²) in [4.78, 5) is 5.06. The smallest absolute Gasteiger partial charge is 0.748 e. The first kappa shape index (κ1) is 19.7. The average Bonchev–Trinajstić information content (AvgIpc) is 2.33. The molecule has 0 aromatic heterocycles. The van der Waals surface area contributed by atoms with Crippen molar-refractivity contribution >= 4 is 15.8 Å². The van der Waals surface area contributed by atoms with E-state index in [0.717, 1.165) is 0 Å². The molecule has 20 heavy (non-hydrogen) atoms. The van der Waals surface area contributed by atoms with E-state index in [1.807, 2.05) is 0 Å². The summed E-state index contributed by atoms with van der Waals surface area (Å²) in [6.45, 7) is -0.168. The number of hydrogen-bond acceptors (Lipinski definition) is 7. The SMILES string of the molecule is COc1ccccc1N(CC(O)CS(=O)(=O)[O-])OC.[Na+]. The average molecular weight is 313 g/mol. The maximum atomic E-state index is 10.6. The molecule has 1 N–H and O–H groups in total. The normalized spacial score (nSPS) is 12.4. The van der Waals surface area contributed by atoms with Crippen LogP contribution in [-0.4, -0.2) is 50.7 Å². The minimum Gasteiger partial charge on any atom is -0.748 e. The Kier molecular flexibility index (Phi) is 8.68. The van der Waals surface area contributed by atoms with Crippen molar-refractivity contribution in [1.82, 2.24) is 0 Å². The van der Waals surface area contributed by atoms with Crippen molar-refractivity contribution in [2.24, 2.45) is 0 Å². The van der Waals surface area contributed by atoms with E-state index in [9.17, 15) is 18.1 Å². The molecule has 0 amide bonds. The van der Waals surface area contributed by atoms with Crippen molar-refractivity contribution in [1.29, 1.82) is 0 Å². The molecule has 1 atom stereocenters. The largest absolute Gasteiger partial charge is 1.00 e. The summed E-state index contributed by atoms with van der Waals surface area (Å²) in [5.41, 5.74) is 0.523. The molecule has 0 aliphatic heterocycles. The molecule has 0 saturated carbocycles. The van der Waals surface area contributed by atoms with Crippen LogP contribution in [0.25, 0.3) is 0 Å². The van der Waals surface area contributed by atoms with Crippen molar-refractivity contribution in [3.63, 3.8) is 0 Å². The molecule has 0 bridgehead atoms. The standard InChI is InChI=1S/C11H17NO6S.Na/c1-17-11-6-4-3-5-10(11)12(18-2)7-9(13)8-19(14,15)16;/h3-6,9,13H,7-8H2,1-2H3,(H,14,15,16);/q;+1/p-1. The van der Waals surface area contributed by atoms with E-state index >= 15 is 0 Å². The Morgan fingerprint density at radius 2 is 1.95 bits per heavy atom. The number of nitrogens with zero attached hydrogens (tertiary/aromatic N) is 1. The number of aliphatic hydroxyl groups excluding tert-OH is 1. The number of anilines is 1. The molecule has 108 valence electrons. The van der Waals surface area contributed by atoms with E-state index in [1.165, 1.54) is 19.3 Å². The molecule has 1 aromatic carbocycles. The molecule has 0 aliphatic rings. The zero-order valence-corrected chi connectivity index (χ0v) is 14.5. The van der Waals surface area contributed by atoms with E-state index in [4.69, 9.17) is 9.57 Å². The van der Waals surface area contributed by atoms with Gasteiger partial charge in [0, 0.05) is 0 Å². The molecule has 0 saturated heterocycles. The van der Waals surface area contributed by atoms with Gasteiger partial charge in [0.2, 0.25) is 0 Å². The molecule has 9 heteroatoms. The zero-order valence-electron chi connectivity index (χ0n) is 11.6. The molecule has 1 rings (SSSR count). The minimum absolute atomic E-state index is 0. The van der Waals surface area contributed by atoms with Crippen LogP contribution in [0.15, 0.2) is 24.3 Å². The van der Waals surface area contributed by atoms with Gasteiger partial charge < -0.3 is 14.4 Å². The van der Waals surface area contributed by atoms with Gasteiger partial charge in [-0.15, -0.1) is 0 Å². The second kappa shape index (κ2) is 8.83. The number of aliphatic hydroxyl groups is 1. The molecule has 1 aromatic rings. The van der Waals surface area contributed by atoms with Crippen LogP contribution >= 0.6 is 0 Å². The zero-order chi connectivity index (χ0) is 14.5. The fourth-order valence-electron chi connectivity index (χ4n) is 1.59. The van der Waals surface area contributed by atoms with Crippen molar-refractivity contribution in [3.05, 3.63) is 24.3 Å². The van der Waals surface area contributed by atoms with Gasteiger partial charge in [-0.3, -0.25) is 4.84 Å². The third-order valence-electron chi connectivity index (χ3n) is 2.35. The van der Waals surface area contributed by atoms with Gasteiger partial charge in [-0.2, -0.15) is 0 Å². The number of hydroxylamine groups is 1. The van der Waals surface area contributed by atoms with Crippen LogP contribution in [0, 0.1) is 0 Å². The number of para-hydroxylation sites is 2. The fourth-order valence-corrected chi connectivity index (χ4v) is 2.16. The Morgan fingerprint density at radius 3 is 2.45 bits per heavy atom. The quantitative estimate of drug-likeness (QED) is 0.325. The Hall–Kier alpha value is -0.350. The number of rotatable bonds is 7. The summed E-state index contributed by atoms with van der Waals surface area (Å²) in [5.74, 6) is -0.372. The van der Waals surface area contributed by atoms with Crippen molar-refractivity contribution in [2.75, 3.05) is 31.6 Å². The molecular weight excluding hydrogens is 297 g/mol. The van der Waals surface area contributed by atoms with Crippen molar-refractivity contribution in [2.45, 2.75) is 6.10 Å². The third-order valence-corrected chi connectivity index (χ3v) is 3.14. The summed E-state index contributed by atoms with van der Waals surface area (Å²) in [5, 5.41) is 10.8. The summed E-state index contributed by atoms with van der Waals surface area (Å²) in [7, 11) is -1.65. The van der Waals surface area contributed by atoms with Crippen LogP contribution in [0.3, 0.4) is 0 Å². The van der Waals surface area contributed by atoms with Gasteiger partial charge in [0.1, 0.15) is 11.4 Å². The van der Waals surface area contributed by atoms with Gasteiger partial charge in [0.15, 0.2) is 0 Å². The summed E-state index contributed by atoms with van der Waals surface area (Å²) >= 11 is 0. The van der Waals surface area contributed by atoms with Gasteiger partial charge in [0.25, 0.3) is 0 Å². The molecule has 0 fully saturated rings. The summed E-state index contributed by atoms with van der Waals surface area (Å²) in [6, 6.07) is 6.87. The first-order chi connectivity index (χ1) is 8.87. The fraction of sp³-hybridized carbons (Fsp3) is 0.455. The Labute approximate surface area is 140 Å². The minimum atomic E-state index is -4.49. The van der Waals surface area contributed by atoms with Crippen LogP contribution in [-0.2, 0) is 15.0 Å². The molecule has 0 heterocycles. The van der Waals surface area contributed by atoms with Crippen LogP contribution in [0.2, 0.25) is 0 Å². The predicted molar refractivity (Wildman–Crippen MR) is 67.9 cm³/mol. The van der Waals surface area contributed by atoms with Crippen LogP contribution < -0.4 is 39.4 Å². The van der Waals surface area contributed by atoms with Crippen LogP contribution in [0.1, 0.15) is 0 Å². The number of hydrogen-bond donors (Lipinski definition) is 1. The van der Waals surface area contributed by atoms with Gasteiger partial charge in [-0.05, 0) is 12.1 Å². The van der Waals surface area contributed by atoms with Crippen LogP contribution in [0.5, 0.6) is 5.75 Å². The van der Waals surface area contributed by atoms with E-state index in [-0.39, 0.29) is 36.1 Å². The van der Waals surface area contributed by atoms with Gasteiger partial charge in [0.05, 0.1) is 42.7 Å². The monoisotopic (exact) mass is 313 g/mol. The van der Waals surface area contributed by atoms with E-state index in [1.54, 1.807) is 24.3 Å². The second-order valence-electron chi connectivity index (χ2n) is 3.79. The number of methoxy groups -OCH3 is 1. The van der Waals surface area contributed by atoms with E-state index in [0.29, 0.717) is 11.4 Å². The Bertz CT molecular complexity index is 509. The van der Waals surface area contributed by atoms with E-state index in [2.05, 4.69) is 0 Å². The third kappa shape index (κ3) is 6.40. The van der Waals surface area contributed by atoms with Crippen molar-refractivity contribution < 1.29 is 57.2 Å². The topological polar surface area (TPSA) is 99.1 Å². The molecule has 7 nitrogen and oxygen atoms in total. The first-order valence-corrected chi connectivity index (χ1v) is 7.01. The van der Waals surface area contributed by atoms with Crippen molar-refractivity contribution in [3.8, 4) is 5.75 Å². The maximum absolute atomic E-state index is 10.6. The van der Waals surface area contributed by atoms with Gasteiger partial charge >= 0.3 is 29.6 Å². The molecular formula is C11H16NNaO6S. The van der Waals surface area contributed by atoms with Gasteiger partial charge in [-0.25, -0.2) is 13.5 Å². The predicted octanol–water partition coefficient (Wildman–Crippen LogP) is -3.03. The molecule has 0 aliphatic carbocycles.